The molecule has 0 spiro atoms. The molecule has 0 aromatic heterocycles. The van der Waals surface area contributed by atoms with Gasteiger partial charge in [0.25, 0.3) is 0 Å². The number of ether oxygens (including phenoxy) is 4. The summed E-state index contributed by atoms with van der Waals surface area (Å²) in [7, 11) is -2.96. The summed E-state index contributed by atoms with van der Waals surface area (Å²) in [6, 6.07) is 9.99. The summed E-state index contributed by atoms with van der Waals surface area (Å²) >= 11 is 0. The summed E-state index contributed by atoms with van der Waals surface area (Å²) in [5.41, 5.74) is 1.32. The highest BCUT2D eigenvalue weighted by molar-refractivity contribution is 6.76. The Morgan fingerprint density at radius 1 is 0.860 bits per heavy atom. The Bertz CT molecular complexity index is 1250. The average Bonchev–Trinajstić information content (AvgIpc) is 2.91. The molecular weight excluding hydrogens is 585 g/mol. The van der Waals surface area contributed by atoms with Crippen molar-refractivity contribution in [1.82, 2.24) is 10.0 Å². The summed E-state index contributed by atoms with van der Waals surface area (Å²) in [4.78, 5) is 51.6. The van der Waals surface area contributed by atoms with Crippen molar-refractivity contribution in [2.75, 3.05) is 19.8 Å². The van der Waals surface area contributed by atoms with Gasteiger partial charge in [-0.2, -0.15) is 0 Å². The van der Waals surface area contributed by atoms with E-state index < -0.39 is 58.5 Å². The molecule has 3 rings (SSSR count). The maximum atomic E-state index is 13.5. The molecule has 0 fully saturated rings. The number of benzene rings is 1. The standard InChI is InChI=1S/C31H44N2O8Si2/c1-23(34)40-29-25-17-18-32(30(36)38-19-21-42(2,3)4)33(31(37)39-20-22-43(5,6)7)26(25)14-15-27(29)41-28(35)16-13-24-11-9-8-10-12-24/h8-17,26-27,29H,18-22H2,1-7H3/b16-13+/t26?,27-,29-/m1/s1. The molecule has 1 aromatic rings. The number of hydrazine groups is 1. The van der Waals surface area contributed by atoms with Gasteiger partial charge in [0.15, 0.2) is 12.2 Å². The number of amides is 2. The lowest BCUT2D eigenvalue weighted by atomic mass is 9.89. The molecule has 0 saturated heterocycles. The molecule has 2 amide bonds. The number of hydrogen-bond donors (Lipinski definition) is 0. The third kappa shape index (κ3) is 10.5. The highest BCUT2D eigenvalue weighted by Gasteiger charge is 2.46. The molecule has 1 aromatic carbocycles. The number of rotatable bonds is 10. The van der Waals surface area contributed by atoms with E-state index in [1.165, 1.54) is 23.0 Å². The summed E-state index contributed by atoms with van der Waals surface area (Å²) in [6.07, 6.45) is 4.49. The first kappa shape index (κ1) is 33.9. The highest BCUT2D eigenvalue weighted by atomic mass is 28.3. The van der Waals surface area contributed by atoms with Crippen LogP contribution in [0.15, 0.2) is 60.2 Å². The Hall–Kier alpha value is -3.65. The molecule has 1 aliphatic carbocycles. The van der Waals surface area contributed by atoms with Crippen LogP contribution >= 0.6 is 0 Å². The molecular formula is C31H44N2O8Si2. The minimum atomic E-state index is -1.50. The van der Waals surface area contributed by atoms with Crippen molar-refractivity contribution in [1.29, 1.82) is 0 Å². The molecule has 0 N–H and O–H groups in total. The minimum Gasteiger partial charge on any atom is -0.454 e. The van der Waals surface area contributed by atoms with Crippen molar-refractivity contribution in [2.45, 2.75) is 76.5 Å². The Labute approximate surface area is 256 Å². The van der Waals surface area contributed by atoms with E-state index in [1.807, 2.05) is 30.3 Å². The SMILES string of the molecule is CC(=O)O[C@@H]1C2=CCN(C(=O)OCC[Si](C)(C)C)N(C(=O)OCC[Si](C)(C)C)C2C=C[C@H]1OC(=O)/C=C/c1ccccc1. The topological polar surface area (TPSA) is 112 Å². The largest absolute Gasteiger partial charge is 0.454 e. The Balaban J connectivity index is 1.86. The first-order valence-electron chi connectivity index (χ1n) is 14.5. The zero-order valence-corrected chi connectivity index (χ0v) is 28.2. The van der Waals surface area contributed by atoms with Crippen molar-refractivity contribution in [2.24, 2.45) is 0 Å². The summed E-state index contributed by atoms with van der Waals surface area (Å²) in [6.45, 7) is 14.8. The van der Waals surface area contributed by atoms with E-state index >= 15 is 0 Å². The summed E-state index contributed by atoms with van der Waals surface area (Å²) in [5.74, 6) is -1.21. The molecule has 0 radical (unpaired) electrons. The van der Waals surface area contributed by atoms with E-state index in [0.29, 0.717) is 5.57 Å². The molecule has 0 saturated carbocycles. The fraction of sp³-hybridized carbons (Fsp3) is 0.484. The zero-order chi connectivity index (χ0) is 31.8. The van der Waals surface area contributed by atoms with Crippen LogP contribution in [0.5, 0.6) is 0 Å². The van der Waals surface area contributed by atoms with Crippen LogP contribution in [0.25, 0.3) is 6.08 Å². The van der Waals surface area contributed by atoms with Gasteiger partial charge in [0.05, 0.1) is 19.8 Å². The van der Waals surface area contributed by atoms with Crippen molar-refractivity contribution in [3.63, 3.8) is 0 Å². The summed E-state index contributed by atoms with van der Waals surface area (Å²) < 4.78 is 22.5. The molecule has 0 bridgehead atoms. The lowest BCUT2D eigenvalue weighted by molar-refractivity contribution is -0.158. The van der Waals surface area contributed by atoms with Gasteiger partial charge >= 0.3 is 24.1 Å². The smallest absolute Gasteiger partial charge is 0.429 e. The number of hydrogen-bond acceptors (Lipinski definition) is 8. The van der Waals surface area contributed by atoms with Crippen LogP contribution in [0.4, 0.5) is 9.59 Å². The second-order valence-corrected chi connectivity index (χ2v) is 24.2. The van der Waals surface area contributed by atoms with Crippen molar-refractivity contribution in [3.05, 3.63) is 65.8 Å². The number of carbonyl (C=O) groups is 4. The fourth-order valence-corrected chi connectivity index (χ4v) is 5.82. The average molecular weight is 629 g/mol. The molecule has 10 nitrogen and oxygen atoms in total. The quantitative estimate of drug-likeness (QED) is 0.104. The van der Waals surface area contributed by atoms with Crippen LogP contribution in [0.2, 0.25) is 51.4 Å². The van der Waals surface area contributed by atoms with Crippen molar-refractivity contribution < 1.29 is 38.1 Å². The van der Waals surface area contributed by atoms with E-state index in [9.17, 15) is 19.2 Å². The van der Waals surface area contributed by atoms with Crippen LogP contribution in [0.1, 0.15) is 12.5 Å². The van der Waals surface area contributed by atoms with Crippen molar-refractivity contribution in [3.8, 4) is 0 Å². The van der Waals surface area contributed by atoms with Crippen LogP contribution < -0.4 is 0 Å². The Kier molecular flexibility index (Phi) is 11.6. The van der Waals surface area contributed by atoms with Gasteiger partial charge in [0, 0.05) is 34.7 Å². The van der Waals surface area contributed by atoms with E-state index in [0.717, 1.165) is 17.7 Å². The van der Waals surface area contributed by atoms with Gasteiger partial charge in [-0.3, -0.25) is 4.79 Å². The van der Waals surface area contributed by atoms with Gasteiger partial charge in [0.2, 0.25) is 0 Å². The third-order valence-electron chi connectivity index (χ3n) is 6.78. The minimum absolute atomic E-state index is 0.0269. The predicted molar refractivity (Wildman–Crippen MR) is 169 cm³/mol. The maximum Gasteiger partial charge on any atom is 0.429 e. The van der Waals surface area contributed by atoms with Gasteiger partial charge < -0.3 is 18.9 Å². The third-order valence-corrected chi connectivity index (χ3v) is 10.2. The molecule has 12 heteroatoms. The van der Waals surface area contributed by atoms with E-state index in [4.69, 9.17) is 18.9 Å². The first-order valence-corrected chi connectivity index (χ1v) is 22.0. The van der Waals surface area contributed by atoms with Gasteiger partial charge in [-0.25, -0.2) is 24.4 Å². The van der Waals surface area contributed by atoms with E-state index in [1.54, 1.807) is 24.3 Å². The number of nitrogens with zero attached hydrogens (tertiary/aromatic N) is 2. The molecule has 43 heavy (non-hydrogen) atoms. The first-order chi connectivity index (χ1) is 20.1. The van der Waals surface area contributed by atoms with Crippen LogP contribution in [0, 0.1) is 0 Å². The number of esters is 2. The fourth-order valence-electron chi connectivity index (χ4n) is 4.40. The van der Waals surface area contributed by atoms with Crippen LogP contribution in [0.3, 0.4) is 0 Å². The second-order valence-electron chi connectivity index (χ2n) is 13.0. The maximum absolute atomic E-state index is 13.5. The Morgan fingerprint density at radius 2 is 1.47 bits per heavy atom. The normalized spacial score (nSPS) is 20.3. The Morgan fingerprint density at radius 3 is 2.05 bits per heavy atom. The molecule has 3 atom stereocenters. The van der Waals surface area contributed by atoms with E-state index in [2.05, 4.69) is 39.3 Å². The van der Waals surface area contributed by atoms with E-state index in [-0.39, 0.29) is 19.8 Å². The summed E-state index contributed by atoms with van der Waals surface area (Å²) in [5, 5.41) is 2.41. The number of carbonyl (C=O) groups excluding carboxylic acids is 4. The monoisotopic (exact) mass is 628 g/mol. The van der Waals surface area contributed by atoms with Crippen LogP contribution in [-0.2, 0) is 28.5 Å². The zero-order valence-electron chi connectivity index (χ0n) is 26.2. The van der Waals surface area contributed by atoms with Gasteiger partial charge in [0.1, 0.15) is 6.04 Å². The van der Waals surface area contributed by atoms with Crippen molar-refractivity contribution >= 4 is 46.3 Å². The highest BCUT2D eigenvalue weighted by Crippen LogP contribution is 2.33. The van der Waals surface area contributed by atoms with Gasteiger partial charge in [-0.05, 0) is 29.8 Å². The predicted octanol–water partition coefficient (Wildman–Crippen LogP) is 5.89. The molecule has 1 unspecified atom stereocenters. The molecule has 1 aliphatic heterocycles. The molecule has 2 aliphatic rings. The van der Waals surface area contributed by atoms with Gasteiger partial charge in [-0.15, -0.1) is 0 Å². The van der Waals surface area contributed by atoms with Gasteiger partial charge in [-0.1, -0.05) is 81.8 Å². The molecule has 234 valence electrons. The second kappa shape index (κ2) is 14.7. The lowest BCUT2D eigenvalue weighted by Gasteiger charge is -2.45. The number of fused-ring (bicyclic) bond motifs is 1. The molecule has 1 heterocycles. The lowest BCUT2D eigenvalue weighted by Crippen LogP contribution is -2.60. The van der Waals surface area contributed by atoms with Crippen LogP contribution in [-0.4, -0.2) is 88.3 Å².